The van der Waals surface area contributed by atoms with E-state index in [1.165, 1.54) is 11.3 Å². The SMILES string of the molecule is Fc1cc(F)c(F)c(NCc2cn3ccsc3n2)c1. The number of halogens is 3. The third-order valence-electron chi connectivity index (χ3n) is 2.60. The molecule has 1 aromatic carbocycles. The molecule has 19 heavy (non-hydrogen) atoms. The Bertz CT molecular complexity index is 706. The van der Waals surface area contributed by atoms with E-state index in [0.29, 0.717) is 11.8 Å². The van der Waals surface area contributed by atoms with E-state index in [4.69, 9.17) is 0 Å². The molecule has 7 heteroatoms. The van der Waals surface area contributed by atoms with Crippen LogP contribution in [0.25, 0.3) is 4.96 Å². The summed E-state index contributed by atoms with van der Waals surface area (Å²) in [4.78, 5) is 5.08. The molecule has 0 fully saturated rings. The molecule has 98 valence electrons. The van der Waals surface area contributed by atoms with Crippen LogP contribution in [0.3, 0.4) is 0 Å². The lowest BCUT2D eigenvalue weighted by Gasteiger charge is -2.06. The predicted octanol–water partition coefficient (Wildman–Crippen LogP) is 3.43. The Morgan fingerprint density at radius 3 is 2.89 bits per heavy atom. The highest BCUT2D eigenvalue weighted by Gasteiger charge is 2.11. The van der Waals surface area contributed by atoms with Crippen LogP contribution in [0.5, 0.6) is 0 Å². The number of nitrogens with one attached hydrogen (secondary N) is 1. The Labute approximate surface area is 110 Å². The molecule has 3 nitrogen and oxygen atoms in total. The van der Waals surface area contributed by atoms with Crippen molar-refractivity contribution in [1.82, 2.24) is 9.38 Å². The van der Waals surface area contributed by atoms with Crippen molar-refractivity contribution in [2.75, 3.05) is 5.32 Å². The fourth-order valence-corrected chi connectivity index (χ4v) is 2.45. The summed E-state index contributed by atoms with van der Waals surface area (Å²) >= 11 is 1.47. The van der Waals surface area contributed by atoms with Crippen molar-refractivity contribution >= 4 is 22.0 Å². The van der Waals surface area contributed by atoms with Crippen LogP contribution < -0.4 is 5.32 Å². The molecule has 0 bridgehead atoms. The summed E-state index contributed by atoms with van der Waals surface area (Å²) in [6, 6.07) is 1.42. The van der Waals surface area contributed by atoms with Crippen LogP contribution in [0, 0.1) is 17.5 Å². The summed E-state index contributed by atoms with van der Waals surface area (Å²) in [5.74, 6) is -3.14. The summed E-state index contributed by atoms with van der Waals surface area (Å²) in [5.41, 5.74) is 0.449. The van der Waals surface area contributed by atoms with E-state index in [0.717, 1.165) is 11.0 Å². The van der Waals surface area contributed by atoms with Gasteiger partial charge in [-0.1, -0.05) is 0 Å². The lowest BCUT2D eigenvalue weighted by Crippen LogP contribution is -2.03. The minimum Gasteiger partial charge on any atom is -0.377 e. The minimum atomic E-state index is -1.21. The summed E-state index contributed by atoms with van der Waals surface area (Å²) in [7, 11) is 0. The van der Waals surface area contributed by atoms with Crippen LogP contribution >= 0.6 is 11.3 Å². The third kappa shape index (κ3) is 2.28. The first kappa shape index (κ1) is 12.0. The summed E-state index contributed by atoms with van der Waals surface area (Å²) < 4.78 is 41.2. The van der Waals surface area contributed by atoms with Crippen molar-refractivity contribution in [3.8, 4) is 0 Å². The van der Waals surface area contributed by atoms with Crippen molar-refractivity contribution in [3.63, 3.8) is 0 Å². The van der Waals surface area contributed by atoms with Gasteiger partial charge in [0.1, 0.15) is 5.82 Å². The van der Waals surface area contributed by atoms with Crippen molar-refractivity contribution in [2.24, 2.45) is 0 Å². The molecule has 2 heterocycles. The zero-order chi connectivity index (χ0) is 13.4. The van der Waals surface area contributed by atoms with E-state index in [2.05, 4.69) is 10.3 Å². The molecule has 3 aromatic rings. The molecule has 0 aliphatic rings. The van der Waals surface area contributed by atoms with E-state index < -0.39 is 17.5 Å². The van der Waals surface area contributed by atoms with Crippen LogP contribution in [-0.2, 0) is 6.54 Å². The summed E-state index contributed by atoms with van der Waals surface area (Å²) in [6.07, 6.45) is 3.62. The second-order valence-electron chi connectivity index (χ2n) is 3.93. The van der Waals surface area contributed by atoms with E-state index in [9.17, 15) is 13.2 Å². The first-order valence-electron chi connectivity index (χ1n) is 5.43. The van der Waals surface area contributed by atoms with Gasteiger partial charge in [0.15, 0.2) is 16.6 Å². The van der Waals surface area contributed by atoms with Crippen molar-refractivity contribution < 1.29 is 13.2 Å². The second-order valence-corrected chi connectivity index (χ2v) is 4.80. The van der Waals surface area contributed by atoms with Gasteiger partial charge >= 0.3 is 0 Å². The van der Waals surface area contributed by atoms with Gasteiger partial charge in [0.05, 0.1) is 17.9 Å². The number of nitrogens with zero attached hydrogens (tertiary/aromatic N) is 2. The highest BCUT2D eigenvalue weighted by molar-refractivity contribution is 7.15. The predicted molar refractivity (Wildman–Crippen MR) is 66.7 cm³/mol. The molecule has 0 radical (unpaired) electrons. The molecule has 0 amide bonds. The number of aromatic nitrogens is 2. The van der Waals surface area contributed by atoms with E-state index >= 15 is 0 Å². The van der Waals surface area contributed by atoms with Crippen LogP contribution in [0.1, 0.15) is 5.69 Å². The third-order valence-corrected chi connectivity index (χ3v) is 3.37. The molecule has 0 aliphatic heterocycles. The smallest absolute Gasteiger partial charge is 0.193 e. The van der Waals surface area contributed by atoms with Gasteiger partial charge in [0, 0.05) is 29.9 Å². The fraction of sp³-hybridized carbons (Fsp3) is 0.0833. The normalized spacial score (nSPS) is 11.1. The Morgan fingerprint density at radius 2 is 2.11 bits per heavy atom. The monoisotopic (exact) mass is 283 g/mol. The van der Waals surface area contributed by atoms with Gasteiger partial charge in [-0.05, 0) is 0 Å². The van der Waals surface area contributed by atoms with Gasteiger partial charge in [-0.2, -0.15) is 0 Å². The highest BCUT2D eigenvalue weighted by atomic mass is 32.1. The number of hydrogen-bond donors (Lipinski definition) is 1. The van der Waals surface area contributed by atoms with E-state index in [-0.39, 0.29) is 12.2 Å². The number of fused-ring (bicyclic) bond motifs is 1. The zero-order valence-electron chi connectivity index (χ0n) is 9.53. The number of benzene rings is 1. The molecule has 0 saturated heterocycles. The first-order chi connectivity index (χ1) is 9.13. The quantitative estimate of drug-likeness (QED) is 0.746. The number of thiazole rings is 1. The Balaban J connectivity index is 1.80. The molecule has 0 unspecified atom stereocenters. The zero-order valence-corrected chi connectivity index (χ0v) is 10.3. The van der Waals surface area contributed by atoms with Crippen molar-refractivity contribution in [1.29, 1.82) is 0 Å². The molecule has 0 spiro atoms. The molecular weight excluding hydrogens is 275 g/mol. The largest absolute Gasteiger partial charge is 0.377 e. The molecular formula is C12H8F3N3S. The average Bonchev–Trinajstić information content (AvgIpc) is 2.92. The van der Waals surface area contributed by atoms with Crippen LogP contribution in [0.15, 0.2) is 29.9 Å². The average molecular weight is 283 g/mol. The topological polar surface area (TPSA) is 29.3 Å². The standard InChI is InChI=1S/C12H8F3N3S/c13-7-3-9(14)11(15)10(4-7)16-5-8-6-18-1-2-19-12(18)17-8/h1-4,6,16H,5H2. The van der Waals surface area contributed by atoms with E-state index in [1.54, 1.807) is 6.20 Å². The molecule has 1 N–H and O–H groups in total. The Kier molecular flexibility index (Phi) is 2.90. The molecule has 3 rings (SSSR count). The maximum absolute atomic E-state index is 13.4. The van der Waals surface area contributed by atoms with Gasteiger partial charge in [0.2, 0.25) is 0 Å². The van der Waals surface area contributed by atoms with Crippen molar-refractivity contribution in [3.05, 3.63) is 53.1 Å². The van der Waals surface area contributed by atoms with Crippen molar-refractivity contribution in [2.45, 2.75) is 6.54 Å². The van der Waals surface area contributed by atoms with Gasteiger partial charge in [-0.15, -0.1) is 11.3 Å². The van der Waals surface area contributed by atoms with Crippen LogP contribution in [-0.4, -0.2) is 9.38 Å². The molecule has 0 saturated carbocycles. The maximum atomic E-state index is 13.4. The minimum absolute atomic E-state index is 0.189. The maximum Gasteiger partial charge on any atom is 0.193 e. The fourth-order valence-electron chi connectivity index (χ4n) is 1.73. The lowest BCUT2D eigenvalue weighted by molar-refractivity contribution is 0.497. The van der Waals surface area contributed by atoms with Crippen LogP contribution in [0.4, 0.5) is 18.9 Å². The molecule has 0 aliphatic carbocycles. The Morgan fingerprint density at radius 1 is 1.26 bits per heavy atom. The van der Waals surface area contributed by atoms with Crippen LogP contribution in [0.2, 0.25) is 0 Å². The van der Waals surface area contributed by atoms with Gasteiger partial charge in [-0.3, -0.25) is 4.40 Å². The van der Waals surface area contributed by atoms with Gasteiger partial charge < -0.3 is 5.32 Å². The van der Waals surface area contributed by atoms with E-state index in [1.807, 2.05) is 16.0 Å². The molecule has 0 atom stereocenters. The Hall–Kier alpha value is -2.02. The first-order valence-corrected chi connectivity index (χ1v) is 6.31. The number of hydrogen-bond acceptors (Lipinski definition) is 3. The number of anilines is 1. The van der Waals surface area contributed by atoms with Gasteiger partial charge in [0.25, 0.3) is 0 Å². The summed E-state index contributed by atoms with van der Waals surface area (Å²) in [5, 5.41) is 4.53. The number of rotatable bonds is 3. The van der Waals surface area contributed by atoms with Gasteiger partial charge in [-0.25, -0.2) is 18.2 Å². The lowest BCUT2D eigenvalue weighted by atomic mass is 10.2. The molecule has 2 aromatic heterocycles. The summed E-state index contributed by atoms with van der Waals surface area (Å²) in [6.45, 7) is 0.189. The highest BCUT2D eigenvalue weighted by Crippen LogP contribution is 2.20. The second kappa shape index (κ2) is 4.58. The number of imidazole rings is 1.